The van der Waals surface area contributed by atoms with Gasteiger partial charge >= 0.3 is 5.97 Å². The van der Waals surface area contributed by atoms with Crippen LogP contribution in [0.25, 0.3) is 11.1 Å². The molecule has 8 aromatic rings. The SMILES string of the molecule is CC(C)(C)Oc1ccc(S(OC(=O)c2cc(Oc3ccccc3)c(Oc3ccccc3)c(Oc3ccccc3)c2-c2ccccc2)(c2ccccc2)c2ccccc2)cc1. The Kier molecular flexibility index (Phi) is 11.7. The van der Waals surface area contributed by atoms with Crippen molar-refractivity contribution in [1.29, 1.82) is 0 Å². The van der Waals surface area contributed by atoms with Crippen LogP contribution >= 0.6 is 10.3 Å². The number of rotatable bonds is 13. The molecule has 0 aliphatic carbocycles. The van der Waals surface area contributed by atoms with Crippen LogP contribution in [0.15, 0.2) is 227 Å². The second kappa shape index (κ2) is 17.7. The summed E-state index contributed by atoms with van der Waals surface area (Å²) in [6, 6.07) is 67.3. The lowest BCUT2D eigenvalue weighted by molar-refractivity contribution is 0.0757. The van der Waals surface area contributed by atoms with Crippen molar-refractivity contribution < 1.29 is 27.9 Å². The van der Waals surface area contributed by atoms with E-state index in [0.29, 0.717) is 34.1 Å². The first-order valence-electron chi connectivity index (χ1n) is 19.7. The summed E-state index contributed by atoms with van der Waals surface area (Å²) in [4.78, 5) is 18.2. The van der Waals surface area contributed by atoms with Crippen LogP contribution in [0.1, 0.15) is 31.1 Å². The standard InChI is InChI=1S/C53H44O6S/c1-53(2,3)58-43-34-36-46(37-35-43)60(44-30-18-8-19-31-44,45-32-20-9-21-33-45)59-52(54)47-38-48(55-40-24-12-5-13-25-40)50(56-41-26-14-6-15-27-41)51(57-42-28-16-7-17-29-42)49(47)39-22-10-4-11-23-39/h4-38H,1-3H3. The van der Waals surface area contributed by atoms with Gasteiger partial charge in [0.1, 0.15) is 28.6 Å². The van der Waals surface area contributed by atoms with E-state index in [9.17, 15) is 0 Å². The number of hydrogen-bond acceptors (Lipinski definition) is 6. The van der Waals surface area contributed by atoms with Crippen molar-refractivity contribution in [2.75, 3.05) is 0 Å². The second-order valence-corrected chi connectivity index (χ2v) is 17.5. The summed E-state index contributed by atoms with van der Waals surface area (Å²) in [6.45, 7) is 6.04. The topological polar surface area (TPSA) is 63.2 Å². The van der Waals surface area contributed by atoms with Crippen molar-refractivity contribution >= 4 is 16.3 Å². The van der Waals surface area contributed by atoms with Gasteiger partial charge in [-0.2, -0.15) is 0 Å². The average Bonchev–Trinajstić information content (AvgIpc) is 3.28. The average molecular weight is 809 g/mol. The molecule has 0 aliphatic heterocycles. The van der Waals surface area contributed by atoms with Gasteiger partial charge in [-0.1, -0.05) is 121 Å². The number of para-hydroxylation sites is 3. The Balaban J connectivity index is 1.40. The van der Waals surface area contributed by atoms with Crippen molar-refractivity contribution in [1.82, 2.24) is 0 Å². The first-order valence-corrected chi connectivity index (χ1v) is 21.2. The minimum Gasteiger partial charge on any atom is -0.488 e. The minimum atomic E-state index is -2.76. The molecule has 0 atom stereocenters. The van der Waals surface area contributed by atoms with Crippen LogP contribution in [-0.4, -0.2) is 11.6 Å². The zero-order chi connectivity index (χ0) is 41.4. The van der Waals surface area contributed by atoms with E-state index < -0.39 is 21.9 Å². The Morgan fingerprint density at radius 3 is 1.30 bits per heavy atom. The van der Waals surface area contributed by atoms with E-state index in [2.05, 4.69) is 0 Å². The van der Waals surface area contributed by atoms with Gasteiger partial charge in [0.05, 0.1) is 5.56 Å². The lowest BCUT2D eigenvalue weighted by atomic mass is 9.97. The molecule has 8 aromatic carbocycles. The zero-order valence-electron chi connectivity index (χ0n) is 33.6. The predicted octanol–water partition coefficient (Wildman–Crippen LogP) is 15.0. The second-order valence-electron chi connectivity index (χ2n) is 14.8. The third kappa shape index (κ3) is 8.92. The van der Waals surface area contributed by atoms with Crippen LogP contribution < -0.4 is 18.9 Å². The summed E-state index contributed by atoms with van der Waals surface area (Å²) in [5.74, 6) is 2.56. The number of carbonyl (C=O) groups excluding carboxylic acids is 1. The monoisotopic (exact) mass is 808 g/mol. The predicted molar refractivity (Wildman–Crippen MR) is 239 cm³/mol. The molecule has 0 bridgehead atoms. The first kappa shape index (κ1) is 39.6. The van der Waals surface area contributed by atoms with Crippen molar-refractivity contribution in [2.45, 2.75) is 41.1 Å². The van der Waals surface area contributed by atoms with E-state index in [1.807, 2.05) is 227 Å². The minimum absolute atomic E-state index is 0.217. The third-order valence-electron chi connectivity index (χ3n) is 9.31. The highest BCUT2D eigenvalue weighted by Crippen LogP contribution is 2.70. The van der Waals surface area contributed by atoms with Gasteiger partial charge in [0.2, 0.25) is 5.75 Å². The molecule has 8 rings (SSSR count). The molecule has 0 amide bonds. The van der Waals surface area contributed by atoms with Crippen LogP contribution in [0.4, 0.5) is 0 Å². The third-order valence-corrected chi connectivity index (χ3v) is 12.5. The lowest BCUT2D eigenvalue weighted by Crippen LogP contribution is -2.22. The van der Waals surface area contributed by atoms with Crippen molar-refractivity contribution in [3.8, 4) is 51.4 Å². The highest BCUT2D eigenvalue weighted by molar-refractivity contribution is 8.30. The summed E-state index contributed by atoms with van der Waals surface area (Å²) < 4.78 is 33.7. The Hall–Kier alpha value is -7.22. The van der Waals surface area contributed by atoms with Gasteiger partial charge in [-0.25, -0.2) is 4.79 Å². The fourth-order valence-corrected chi connectivity index (χ4v) is 9.78. The molecule has 0 radical (unpaired) electrons. The van der Waals surface area contributed by atoms with Crippen LogP contribution in [0.5, 0.6) is 40.2 Å². The summed E-state index contributed by atoms with van der Waals surface area (Å²) in [5.41, 5.74) is 0.998. The number of carbonyl (C=O) groups is 1. The Morgan fingerprint density at radius 2 is 0.833 bits per heavy atom. The maximum Gasteiger partial charge on any atom is 0.350 e. The molecule has 0 spiro atoms. The lowest BCUT2D eigenvalue weighted by Gasteiger charge is -2.40. The Bertz CT molecular complexity index is 2590. The van der Waals surface area contributed by atoms with Crippen LogP contribution in [-0.2, 0) is 4.18 Å². The largest absolute Gasteiger partial charge is 0.488 e. The van der Waals surface area contributed by atoms with E-state index in [0.717, 1.165) is 14.7 Å². The van der Waals surface area contributed by atoms with Gasteiger partial charge < -0.3 is 23.1 Å². The molecular formula is C53H44O6S. The molecule has 0 saturated carbocycles. The van der Waals surface area contributed by atoms with E-state index in [-0.39, 0.29) is 22.8 Å². The van der Waals surface area contributed by atoms with Gasteiger partial charge in [-0.05, 0) is 122 Å². The number of hydrogen-bond donors (Lipinski definition) is 0. The highest BCUT2D eigenvalue weighted by Gasteiger charge is 2.38. The van der Waals surface area contributed by atoms with E-state index in [1.54, 1.807) is 6.07 Å². The molecular weight excluding hydrogens is 765 g/mol. The summed E-state index contributed by atoms with van der Waals surface area (Å²) in [7, 11) is -2.76. The van der Waals surface area contributed by atoms with Crippen LogP contribution in [0.3, 0.4) is 0 Å². The van der Waals surface area contributed by atoms with Crippen LogP contribution in [0, 0.1) is 0 Å². The highest BCUT2D eigenvalue weighted by atomic mass is 32.3. The summed E-state index contributed by atoms with van der Waals surface area (Å²) in [6.07, 6.45) is 0. The molecule has 6 nitrogen and oxygen atoms in total. The fourth-order valence-electron chi connectivity index (χ4n) is 6.76. The Labute approximate surface area is 353 Å². The normalized spacial score (nSPS) is 11.6. The summed E-state index contributed by atoms with van der Waals surface area (Å²) in [5, 5.41) is 0. The van der Waals surface area contributed by atoms with E-state index >= 15 is 4.79 Å². The molecule has 0 N–H and O–H groups in total. The molecule has 298 valence electrons. The molecule has 0 heterocycles. The molecule has 60 heavy (non-hydrogen) atoms. The fraction of sp³-hybridized carbons (Fsp3) is 0.0755. The van der Waals surface area contributed by atoms with Crippen molar-refractivity contribution in [3.63, 3.8) is 0 Å². The molecule has 0 aromatic heterocycles. The maximum atomic E-state index is 15.7. The van der Waals surface area contributed by atoms with E-state index in [4.69, 9.17) is 23.1 Å². The van der Waals surface area contributed by atoms with Crippen molar-refractivity contribution in [3.05, 3.63) is 218 Å². The molecule has 0 fully saturated rings. The smallest absolute Gasteiger partial charge is 0.350 e. The quantitative estimate of drug-likeness (QED) is 0.116. The molecule has 0 aliphatic rings. The van der Waals surface area contributed by atoms with Gasteiger partial charge in [-0.3, -0.25) is 0 Å². The van der Waals surface area contributed by atoms with Gasteiger partial charge in [0.25, 0.3) is 0 Å². The molecule has 0 saturated heterocycles. The number of benzene rings is 8. The first-order chi connectivity index (χ1) is 29.3. The maximum absolute atomic E-state index is 15.7. The number of ether oxygens (including phenoxy) is 4. The summed E-state index contributed by atoms with van der Waals surface area (Å²) >= 11 is 0. The van der Waals surface area contributed by atoms with Crippen LogP contribution in [0.2, 0.25) is 0 Å². The van der Waals surface area contributed by atoms with Crippen molar-refractivity contribution in [2.24, 2.45) is 0 Å². The van der Waals surface area contributed by atoms with Gasteiger partial charge in [-0.15, -0.1) is 0 Å². The molecule has 0 unspecified atom stereocenters. The molecule has 7 heteroatoms. The van der Waals surface area contributed by atoms with E-state index in [1.165, 1.54) is 0 Å². The Morgan fingerprint density at radius 1 is 0.433 bits per heavy atom. The van der Waals surface area contributed by atoms with Gasteiger partial charge in [0, 0.05) is 26.3 Å². The van der Waals surface area contributed by atoms with Gasteiger partial charge in [0.15, 0.2) is 11.5 Å². The zero-order valence-corrected chi connectivity index (χ0v) is 34.4.